The third-order valence-corrected chi connectivity index (χ3v) is 4.65. The molecule has 2 fully saturated rings. The summed E-state index contributed by atoms with van der Waals surface area (Å²) in [7, 11) is 0. The lowest BCUT2D eigenvalue weighted by atomic mass is 9.70. The molecule has 88 valence electrons. The summed E-state index contributed by atoms with van der Waals surface area (Å²) >= 11 is 0. The van der Waals surface area contributed by atoms with Crippen molar-refractivity contribution in [3.8, 4) is 0 Å². The van der Waals surface area contributed by atoms with Crippen LogP contribution >= 0.6 is 0 Å². The molecule has 15 heavy (non-hydrogen) atoms. The van der Waals surface area contributed by atoms with Crippen LogP contribution in [0.5, 0.6) is 0 Å². The Morgan fingerprint density at radius 1 is 1.07 bits per heavy atom. The first-order chi connectivity index (χ1) is 7.15. The van der Waals surface area contributed by atoms with E-state index in [1.54, 1.807) is 0 Å². The van der Waals surface area contributed by atoms with Crippen LogP contribution in [0.4, 0.5) is 0 Å². The smallest absolute Gasteiger partial charge is 0.00700 e. The van der Waals surface area contributed by atoms with Crippen LogP contribution in [0.25, 0.3) is 0 Å². The minimum absolute atomic E-state index is 0.500. The van der Waals surface area contributed by atoms with Gasteiger partial charge in [-0.05, 0) is 49.4 Å². The summed E-state index contributed by atoms with van der Waals surface area (Å²) in [6.07, 6.45) is 9.86. The van der Waals surface area contributed by atoms with E-state index < -0.39 is 0 Å². The Balaban J connectivity index is 1.79. The van der Waals surface area contributed by atoms with Gasteiger partial charge in [-0.25, -0.2) is 0 Å². The minimum atomic E-state index is 0.500. The van der Waals surface area contributed by atoms with E-state index in [0.29, 0.717) is 6.04 Å². The van der Waals surface area contributed by atoms with Crippen molar-refractivity contribution in [1.82, 2.24) is 0 Å². The van der Waals surface area contributed by atoms with E-state index in [1.165, 1.54) is 44.9 Å². The molecular weight excluding hydrogens is 182 g/mol. The Kier molecular flexibility index (Phi) is 3.71. The summed E-state index contributed by atoms with van der Waals surface area (Å²) in [5.74, 6) is 3.62. The van der Waals surface area contributed by atoms with E-state index in [2.05, 4.69) is 13.8 Å². The van der Waals surface area contributed by atoms with Crippen LogP contribution in [0, 0.1) is 23.7 Å². The normalized spacial score (nSPS) is 39.8. The van der Waals surface area contributed by atoms with E-state index in [4.69, 9.17) is 5.73 Å². The molecule has 0 amide bonds. The molecule has 0 saturated heterocycles. The van der Waals surface area contributed by atoms with Gasteiger partial charge in [0.05, 0.1) is 0 Å². The summed E-state index contributed by atoms with van der Waals surface area (Å²) in [6.45, 7) is 4.80. The van der Waals surface area contributed by atoms with Crippen molar-refractivity contribution in [2.45, 2.75) is 64.8 Å². The molecule has 2 saturated carbocycles. The fourth-order valence-electron chi connectivity index (χ4n) is 3.66. The second-order valence-corrected chi connectivity index (χ2v) is 6.37. The van der Waals surface area contributed by atoms with Crippen molar-refractivity contribution in [2.24, 2.45) is 29.4 Å². The zero-order chi connectivity index (χ0) is 10.8. The molecule has 1 heteroatoms. The summed E-state index contributed by atoms with van der Waals surface area (Å²) in [4.78, 5) is 0. The van der Waals surface area contributed by atoms with Crippen molar-refractivity contribution in [3.63, 3.8) is 0 Å². The van der Waals surface area contributed by atoms with Crippen LogP contribution in [0.2, 0.25) is 0 Å². The SMILES string of the molecule is CC1CC(C)CC(C(N)CC2CCC2)C1. The van der Waals surface area contributed by atoms with Crippen molar-refractivity contribution in [2.75, 3.05) is 0 Å². The minimum Gasteiger partial charge on any atom is -0.327 e. The van der Waals surface area contributed by atoms with Gasteiger partial charge in [-0.2, -0.15) is 0 Å². The lowest BCUT2D eigenvalue weighted by Crippen LogP contribution is -2.37. The zero-order valence-corrected chi connectivity index (χ0v) is 10.4. The molecule has 0 bridgehead atoms. The molecule has 3 unspecified atom stereocenters. The summed E-state index contributed by atoms with van der Waals surface area (Å²) in [5, 5.41) is 0. The molecule has 3 atom stereocenters. The van der Waals surface area contributed by atoms with E-state index in [-0.39, 0.29) is 0 Å². The van der Waals surface area contributed by atoms with Gasteiger partial charge < -0.3 is 5.73 Å². The first-order valence-corrected chi connectivity index (χ1v) is 6.90. The van der Waals surface area contributed by atoms with Gasteiger partial charge in [0.1, 0.15) is 0 Å². The summed E-state index contributed by atoms with van der Waals surface area (Å²) in [6, 6.07) is 0.500. The molecule has 0 heterocycles. The molecule has 0 aromatic carbocycles. The number of hydrogen-bond acceptors (Lipinski definition) is 1. The quantitative estimate of drug-likeness (QED) is 0.755. The number of rotatable bonds is 3. The highest BCUT2D eigenvalue weighted by Gasteiger charge is 2.30. The molecule has 2 N–H and O–H groups in total. The maximum Gasteiger partial charge on any atom is 0.00700 e. The van der Waals surface area contributed by atoms with Gasteiger partial charge in [0.15, 0.2) is 0 Å². The van der Waals surface area contributed by atoms with Crippen LogP contribution in [0.3, 0.4) is 0 Å². The number of nitrogens with two attached hydrogens (primary N) is 1. The van der Waals surface area contributed by atoms with E-state index in [0.717, 1.165) is 23.7 Å². The van der Waals surface area contributed by atoms with E-state index >= 15 is 0 Å². The zero-order valence-electron chi connectivity index (χ0n) is 10.4. The second-order valence-electron chi connectivity index (χ2n) is 6.37. The molecule has 2 rings (SSSR count). The highest BCUT2D eigenvalue weighted by atomic mass is 14.7. The Bertz CT molecular complexity index is 188. The van der Waals surface area contributed by atoms with Crippen LogP contribution < -0.4 is 5.73 Å². The van der Waals surface area contributed by atoms with Gasteiger partial charge in [-0.1, -0.05) is 33.1 Å². The van der Waals surface area contributed by atoms with E-state index in [9.17, 15) is 0 Å². The highest BCUT2D eigenvalue weighted by molar-refractivity contribution is 4.85. The summed E-state index contributed by atoms with van der Waals surface area (Å²) in [5.41, 5.74) is 6.38. The Morgan fingerprint density at radius 2 is 1.67 bits per heavy atom. The Labute approximate surface area is 94.8 Å². The lowest BCUT2D eigenvalue weighted by molar-refractivity contribution is 0.163. The van der Waals surface area contributed by atoms with Crippen LogP contribution in [0.15, 0.2) is 0 Å². The van der Waals surface area contributed by atoms with Crippen LogP contribution in [-0.4, -0.2) is 6.04 Å². The molecule has 0 aliphatic heterocycles. The average molecular weight is 209 g/mol. The Hall–Kier alpha value is -0.0400. The van der Waals surface area contributed by atoms with Crippen LogP contribution in [0.1, 0.15) is 58.8 Å². The predicted molar refractivity (Wildman–Crippen MR) is 65.6 cm³/mol. The van der Waals surface area contributed by atoms with Gasteiger partial charge in [-0.15, -0.1) is 0 Å². The first kappa shape index (κ1) is 11.4. The maximum atomic E-state index is 6.38. The monoisotopic (exact) mass is 209 g/mol. The molecule has 0 aromatic rings. The van der Waals surface area contributed by atoms with Gasteiger partial charge in [0.2, 0.25) is 0 Å². The fraction of sp³-hybridized carbons (Fsp3) is 1.00. The standard InChI is InChI=1S/C14H27N/c1-10-6-11(2)8-13(7-10)14(15)9-12-4-3-5-12/h10-14H,3-9,15H2,1-2H3. The highest BCUT2D eigenvalue weighted by Crippen LogP contribution is 2.38. The predicted octanol–water partition coefficient (Wildman–Crippen LogP) is 3.58. The van der Waals surface area contributed by atoms with Gasteiger partial charge in [0.25, 0.3) is 0 Å². The molecule has 0 radical (unpaired) electrons. The molecule has 2 aliphatic carbocycles. The molecule has 0 aromatic heterocycles. The van der Waals surface area contributed by atoms with Crippen molar-refractivity contribution in [3.05, 3.63) is 0 Å². The molecule has 0 spiro atoms. The van der Waals surface area contributed by atoms with Crippen LogP contribution in [-0.2, 0) is 0 Å². The average Bonchev–Trinajstić information content (AvgIpc) is 2.09. The molecular formula is C14H27N. The molecule has 1 nitrogen and oxygen atoms in total. The second kappa shape index (κ2) is 4.86. The summed E-state index contributed by atoms with van der Waals surface area (Å²) < 4.78 is 0. The van der Waals surface area contributed by atoms with Crippen molar-refractivity contribution in [1.29, 1.82) is 0 Å². The van der Waals surface area contributed by atoms with Gasteiger partial charge >= 0.3 is 0 Å². The maximum absolute atomic E-state index is 6.38. The molecule has 2 aliphatic rings. The fourth-order valence-corrected chi connectivity index (χ4v) is 3.66. The van der Waals surface area contributed by atoms with Crippen molar-refractivity contribution < 1.29 is 0 Å². The van der Waals surface area contributed by atoms with Crippen molar-refractivity contribution >= 4 is 0 Å². The first-order valence-electron chi connectivity index (χ1n) is 6.90. The number of hydrogen-bond donors (Lipinski definition) is 1. The topological polar surface area (TPSA) is 26.0 Å². The van der Waals surface area contributed by atoms with Gasteiger partial charge in [0, 0.05) is 6.04 Å². The third-order valence-electron chi connectivity index (χ3n) is 4.65. The third kappa shape index (κ3) is 2.96. The van der Waals surface area contributed by atoms with E-state index in [1.807, 2.05) is 0 Å². The van der Waals surface area contributed by atoms with Gasteiger partial charge in [-0.3, -0.25) is 0 Å². The largest absolute Gasteiger partial charge is 0.327 e. The Morgan fingerprint density at radius 3 is 2.13 bits per heavy atom. The lowest BCUT2D eigenvalue weighted by Gasteiger charge is -2.37.